The van der Waals surface area contributed by atoms with Gasteiger partial charge in [0, 0.05) is 48.3 Å². The van der Waals surface area contributed by atoms with Crippen molar-refractivity contribution in [2.24, 2.45) is 0 Å². The Hall–Kier alpha value is -3.91. The third kappa shape index (κ3) is 4.89. The first kappa shape index (κ1) is 24.8. The van der Waals surface area contributed by atoms with Gasteiger partial charge in [0.2, 0.25) is 5.91 Å². The highest BCUT2D eigenvalue weighted by atomic mass is 32.1. The lowest BCUT2D eigenvalue weighted by Crippen LogP contribution is -2.42. The van der Waals surface area contributed by atoms with Crippen LogP contribution in [0.5, 0.6) is 0 Å². The highest BCUT2D eigenvalue weighted by Gasteiger charge is 2.50. The Morgan fingerprint density at radius 3 is 2.78 bits per heavy atom. The first-order valence-electron chi connectivity index (χ1n) is 11.9. The lowest BCUT2D eigenvalue weighted by atomic mass is 10.1. The minimum atomic E-state index is -2.96. The number of carbonyl (C=O) groups excluding carboxylic acids is 1. The lowest BCUT2D eigenvalue weighted by Gasteiger charge is -2.18. The number of carbonyl (C=O) groups is 1. The van der Waals surface area contributed by atoms with Crippen molar-refractivity contribution < 1.29 is 13.6 Å². The molecule has 4 aromatic rings. The summed E-state index contributed by atoms with van der Waals surface area (Å²) < 4.78 is 30.7. The van der Waals surface area contributed by atoms with Gasteiger partial charge >= 0.3 is 0 Å². The number of amides is 1. The number of thiazole rings is 1. The molecule has 2 atom stereocenters. The van der Waals surface area contributed by atoms with E-state index < -0.39 is 17.9 Å². The molecule has 0 aromatic carbocycles. The second-order valence-electron chi connectivity index (χ2n) is 9.54. The van der Waals surface area contributed by atoms with Crippen LogP contribution in [0.25, 0.3) is 27.5 Å². The van der Waals surface area contributed by atoms with Gasteiger partial charge in [0.25, 0.3) is 5.92 Å². The van der Waals surface area contributed by atoms with E-state index in [0.29, 0.717) is 16.3 Å². The van der Waals surface area contributed by atoms with Gasteiger partial charge in [-0.05, 0) is 44.5 Å². The van der Waals surface area contributed by atoms with Crippen molar-refractivity contribution in [3.8, 4) is 28.0 Å². The van der Waals surface area contributed by atoms with E-state index in [-0.39, 0.29) is 24.8 Å². The predicted molar refractivity (Wildman–Crippen MR) is 138 cm³/mol. The molecule has 1 fully saturated rings. The van der Waals surface area contributed by atoms with Crippen molar-refractivity contribution in [3.63, 3.8) is 0 Å². The minimum Gasteiger partial charge on any atom is -0.382 e. The first-order valence-corrected chi connectivity index (χ1v) is 12.7. The number of rotatable bonds is 6. The van der Waals surface area contributed by atoms with Crippen LogP contribution in [0.2, 0.25) is 0 Å². The van der Waals surface area contributed by atoms with Crippen LogP contribution in [-0.4, -0.2) is 43.5 Å². The van der Waals surface area contributed by atoms with Gasteiger partial charge in [-0.3, -0.25) is 9.78 Å². The lowest BCUT2D eigenvalue weighted by molar-refractivity contribution is -0.122. The fraction of sp³-hybridized carbons (Fsp3) is 0.346. The molecule has 37 heavy (non-hydrogen) atoms. The molecule has 11 heteroatoms. The largest absolute Gasteiger partial charge is 0.382 e. The van der Waals surface area contributed by atoms with Crippen molar-refractivity contribution in [2.45, 2.75) is 57.5 Å². The quantitative estimate of drug-likeness (QED) is 0.360. The molecule has 5 rings (SSSR count). The molecule has 0 spiro atoms. The second kappa shape index (κ2) is 9.52. The number of nitrogens with zero attached hydrogens (tertiary/aromatic N) is 5. The summed E-state index contributed by atoms with van der Waals surface area (Å²) in [6.45, 7) is 5.31. The maximum absolute atomic E-state index is 14.5. The maximum atomic E-state index is 14.5. The topological polar surface area (TPSA) is 108 Å². The van der Waals surface area contributed by atoms with Gasteiger partial charge in [0.1, 0.15) is 11.1 Å². The maximum Gasteiger partial charge on any atom is 0.268 e. The Morgan fingerprint density at radius 2 is 2.05 bits per heavy atom. The highest BCUT2D eigenvalue weighted by molar-refractivity contribution is 7.15. The van der Waals surface area contributed by atoms with Crippen molar-refractivity contribution >= 4 is 28.4 Å². The number of anilines is 1. The number of halogens is 2. The Labute approximate surface area is 216 Å². The highest BCUT2D eigenvalue weighted by Crippen LogP contribution is 2.47. The van der Waals surface area contributed by atoms with Gasteiger partial charge < -0.3 is 10.6 Å². The Balaban J connectivity index is 1.47. The van der Waals surface area contributed by atoms with E-state index in [1.807, 2.05) is 32.0 Å². The number of fused-ring (bicyclic) bond motifs is 1. The summed E-state index contributed by atoms with van der Waals surface area (Å²) in [7, 11) is 0. The number of aromatic nitrogens is 4. The molecule has 8 nitrogen and oxygen atoms in total. The molecule has 0 bridgehead atoms. The van der Waals surface area contributed by atoms with E-state index in [1.54, 1.807) is 23.0 Å². The normalized spacial score (nSPS) is 18.7. The van der Waals surface area contributed by atoms with Crippen molar-refractivity contribution in [1.82, 2.24) is 24.9 Å². The molecule has 4 aromatic heterocycles. The Kier molecular flexibility index (Phi) is 6.37. The average molecular weight is 522 g/mol. The molecule has 0 radical (unpaired) electrons. The van der Waals surface area contributed by atoms with E-state index in [2.05, 4.69) is 31.8 Å². The van der Waals surface area contributed by atoms with Gasteiger partial charge in [0.15, 0.2) is 0 Å². The fourth-order valence-electron chi connectivity index (χ4n) is 4.69. The van der Waals surface area contributed by atoms with Gasteiger partial charge in [0.05, 0.1) is 40.3 Å². The SMILES string of the molecule is CC(=O)NC1CC(c2cnc(-c3cnc(-c4ccc5cc(C#N)cnn45)cc3NC(C)C)s2)CC1(F)F. The molecule has 1 amide bonds. The van der Waals surface area contributed by atoms with Gasteiger partial charge in [-0.25, -0.2) is 18.3 Å². The molecular weight excluding hydrogens is 496 g/mol. The fourth-order valence-corrected chi connectivity index (χ4v) is 5.74. The summed E-state index contributed by atoms with van der Waals surface area (Å²) >= 11 is 1.37. The predicted octanol–water partition coefficient (Wildman–Crippen LogP) is 5.23. The van der Waals surface area contributed by atoms with Crippen LogP contribution in [0.15, 0.2) is 42.9 Å². The average Bonchev–Trinajstić information content (AvgIpc) is 3.55. The molecule has 1 aliphatic rings. The number of alkyl halides is 2. The third-order valence-corrected chi connectivity index (χ3v) is 7.52. The molecule has 1 saturated carbocycles. The van der Waals surface area contributed by atoms with Crippen LogP contribution < -0.4 is 10.6 Å². The number of nitrogens with one attached hydrogen (secondary N) is 2. The summed E-state index contributed by atoms with van der Waals surface area (Å²) in [6, 6.07) is 8.52. The zero-order valence-corrected chi connectivity index (χ0v) is 21.3. The van der Waals surface area contributed by atoms with Gasteiger partial charge in [-0.1, -0.05) is 0 Å². The smallest absolute Gasteiger partial charge is 0.268 e. The number of nitriles is 1. The summed E-state index contributed by atoms with van der Waals surface area (Å²) in [5.41, 5.74) is 4.32. The molecule has 0 saturated heterocycles. The van der Waals surface area contributed by atoms with E-state index in [4.69, 9.17) is 5.26 Å². The summed E-state index contributed by atoms with van der Waals surface area (Å²) in [5, 5.41) is 20.0. The van der Waals surface area contributed by atoms with E-state index in [0.717, 1.165) is 27.3 Å². The van der Waals surface area contributed by atoms with E-state index in [1.165, 1.54) is 24.5 Å². The summed E-state index contributed by atoms with van der Waals surface area (Å²) in [4.78, 5) is 21.4. The van der Waals surface area contributed by atoms with Crippen molar-refractivity contribution in [2.75, 3.05) is 5.32 Å². The third-order valence-electron chi connectivity index (χ3n) is 6.32. The second-order valence-corrected chi connectivity index (χ2v) is 10.6. The molecule has 0 aliphatic heterocycles. The summed E-state index contributed by atoms with van der Waals surface area (Å²) in [6.07, 6.45) is 4.74. The number of pyridine rings is 1. The van der Waals surface area contributed by atoms with Crippen LogP contribution in [0.4, 0.5) is 14.5 Å². The molecule has 4 heterocycles. The molecule has 2 N–H and O–H groups in total. The van der Waals surface area contributed by atoms with Crippen LogP contribution >= 0.6 is 11.3 Å². The van der Waals surface area contributed by atoms with Crippen molar-refractivity contribution in [1.29, 1.82) is 5.26 Å². The van der Waals surface area contributed by atoms with Crippen LogP contribution in [-0.2, 0) is 4.79 Å². The Morgan fingerprint density at radius 1 is 1.24 bits per heavy atom. The molecule has 1 aliphatic carbocycles. The number of hydrogen-bond donors (Lipinski definition) is 2. The first-order chi connectivity index (χ1) is 17.6. The molecule has 2 unspecified atom stereocenters. The van der Waals surface area contributed by atoms with Gasteiger partial charge in [-0.15, -0.1) is 11.3 Å². The zero-order valence-electron chi connectivity index (χ0n) is 20.5. The van der Waals surface area contributed by atoms with E-state index >= 15 is 0 Å². The van der Waals surface area contributed by atoms with Crippen LogP contribution in [0, 0.1) is 11.3 Å². The van der Waals surface area contributed by atoms with Gasteiger partial charge in [-0.2, -0.15) is 10.4 Å². The van der Waals surface area contributed by atoms with Crippen LogP contribution in [0.3, 0.4) is 0 Å². The molecular formula is C26H25F2N7OS. The Bertz CT molecular complexity index is 1520. The van der Waals surface area contributed by atoms with Crippen LogP contribution in [0.1, 0.15) is 50.0 Å². The standard InChI is InChI=1S/C26H25F2N7OS/c1-14(2)33-20-8-21(22-5-4-18-6-16(10-29)11-32-35(18)22)30-12-19(20)25-31-13-23(37-25)17-7-24(34-15(3)36)26(27,28)9-17/h4-6,8,11-14,17,24H,7,9H2,1-3H3,(H,30,33)(H,34,36). The van der Waals surface area contributed by atoms with Crippen molar-refractivity contribution in [3.05, 3.63) is 53.3 Å². The zero-order chi connectivity index (χ0) is 26.3. The van der Waals surface area contributed by atoms with E-state index in [9.17, 15) is 13.6 Å². The molecule has 190 valence electrons. The number of hydrogen-bond acceptors (Lipinski definition) is 7. The minimum absolute atomic E-state index is 0.126. The summed E-state index contributed by atoms with van der Waals surface area (Å²) in [5.74, 6) is -3.80. The monoisotopic (exact) mass is 521 g/mol.